The van der Waals surface area contributed by atoms with E-state index in [1.807, 2.05) is 24.3 Å². The number of carbonyl (C=O) groups excluding carboxylic acids is 1. The average Bonchev–Trinajstić information content (AvgIpc) is 2.04. The summed E-state index contributed by atoms with van der Waals surface area (Å²) in [6, 6.07) is 7.44. The van der Waals surface area contributed by atoms with Crippen molar-refractivity contribution in [2.45, 2.75) is 0 Å². The lowest BCUT2D eigenvalue weighted by atomic mass is 10.2. The molecule has 0 aliphatic carbocycles. The topological polar surface area (TPSA) is 58.4 Å². The van der Waals surface area contributed by atoms with Crippen molar-refractivity contribution < 1.29 is 4.79 Å². The maximum absolute atomic E-state index is 11.0. The molecule has 0 unspecified atom stereocenters. The molecule has 3 N–H and O–H groups in total. The number of para-hydroxylation sites is 2. The van der Waals surface area contributed by atoms with Gasteiger partial charge in [0.2, 0.25) is 5.91 Å². The zero-order valence-corrected chi connectivity index (χ0v) is 6.45. The standard InChI is InChI=1S/C8H9N3O/c9-11-5-8(12)10-6-3-1-2-4-7(6)11/h1-4H,5,9H2,(H,10,12). The molecule has 0 aromatic heterocycles. The van der Waals surface area contributed by atoms with Gasteiger partial charge in [-0.15, -0.1) is 0 Å². The third-order valence-electron chi connectivity index (χ3n) is 1.80. The molecule has 62 valence electrons. The van der Waals surface area contributed by atoms with Crippen molar-refractivity contribution in [2.75, 3.05) is 16.9 Å². The Morgan fingerprint density at radius 3 is 3.00 bits per heavy atom. The van der Waals surface area contributed by atoms with Crippen molar-refractivity contribution in [3.8, 4) is 0 Å². The zero-order valence-electron chi connectivity index (χ0n) is 6.45. The number of hydrogen-bond donors (Lipinski definition) is 2. The number of benzene rings is 1. The van der Waals surface area contributed by atoms with Gasteiger partial charge in [0.05, 0.1) is 11.4 Å². The molecule has 1 aliphatic heterocycles. The van der Waals surface area contributed by atoms with Gasteiger partial charge in [-0.2, -0.15) is 0 Å². The van der Waals surface area contributed by atoms with Gasteiger partial charge in [-0.3, -0.25) is 9.80 Å². The Morgan fingerprint density at radius 1 is 1.42 bits per heavy atom. The predicted molar refractivity (Wildman–Crippen MR) is 46.6 cm³/mol. The van der Waals surface area contributed by atoms with Gasteiger partial charge in [0.1, 0.15) is 6.54 Å². The maximum Gasteiger partial charge on any atom is 0.245 e. The van der Waals surface area contributed by atoms with Crippen LogP contribution in [0.3, 0.4) is 0 Å². The Hall–Kier alpha value is -1.55. The van der Waals surface area contributed by atoms with Crippen molar-refractivity contribution in [2.24, 2.45) is 5.84 Å². The summed E-state index contributed by atoms with van der Waals surface area (Å²) in [4.78, 5) is 11.0. The van der Waals surface area contributed by atoms with Crippen LogP contribution in [0.5, 0.6) is 0 Å². The summed E-state index contributed by atoms with van der Waals surface area (Å²) in [7, 11) is 0. The highest BCUT2D eigenvalue weighted by atomic mass is 16.2. The number of anilines is 2. The van der Waals surface area contributed by atoms with Crippen LogP contribution in [0.4, 0.5) is 11.4 Å². The molecule has 4 nitrogen and oxygen atoms in total. The Kier molecular flexibility index (Phi) is 1.48. The Morgan fingerprint density at radius 2 is 2.17 bits per heavy atom. The molecule has 0 fully saturated rings. The highest BCUT2D eigenvalue weighted by molar-refractivity contribution is 6.00. The molecule has 1 aromatic rings. The molecule has 0 atom stereocenters. The molecular formula is C8H9N3O. The molecule has 0 spiro atoms. The van der Waals surface area contributed by atoms with Gasteiger partial charge >= 0.3 is 0 Å². The minimum atomic E-state index is -0.0730. The zero-order chi connectivity index (χ0) is 8.55. The van der Waals surface area contributed by atoms with E-state index in [1.165, 1.54) is 5.01 Å². The van der Waals surface area contributed by atoms with Crippen LogP contribution in [0.2, 0.25) is 0 Å². The first-order chi connectivity index (χ1) is 5.77. The number of carbonyl (C=O) groups is 1. The van der Waals surface area contributed by atoms with Crippen LogP contribution in [-0.4, -0.2) is 12.5 Å². The SMILES string of the molecule is NN1CC(=O)Nc2ccccc21. The van der Waals surface area contributed by atoms with Gasteiger partial charge in [0, 0.05) is 0 Å². The second kappa shape index (κ2) is 2.49. The summed E-state index contributed by atoms with van der Waals surface area (Å²) in [5, 5.41) is 4.17. The van der Waals surface area contributed by atoms with Crippen LogP contribution in [0.15, 0.2) is 24.3 Å². The van der Waals surface area contributed by atoms with Gasteiger partial charge < -0.3 is 5.32 Å². The Bertz CT molecular complexity index is 324. The van der Waals surface area contributed by atoms with Crippen molar-refractivity contribution in [3.63, 3.8) is 0 Å². The molecule has 0 bridgehead atoms. The number of hydrazine groups is 1. The fourth-order valence-electron chi connectivity index (χ4n) is 1.26. The van der Waals surface area contributed by atoms with Crippen molar-refractivity contribution in [1.82, 2.24) is 0 Å². The van der Waals surface area contributed by atoms with E-state index in [0.29, 0.717) is 0 Å². The van der Waals surface area contributed by atoms with E-state index < -0.39 is 0 Å². The molecule has 1 aliphatic rings. The van der Waals surface area contributed by atoms with Crippen molar-refractivity contribution in [1.29, 1.82) is 0 Å². The molecule has 1 heterocycles. The van der Waals surface area contributed by atoms with Gasteiger partial charge in [-0.05, 0) is 12.1 Å². The smallest absolute Gasteiger partial charge is 0.245 e. The Balaban J connectivity index is 2.47. The second-order valence-electron chi connectivity index (χ2n) is 2.69. The van der Waals surface area contributed by atoms with E-state index >= 15 is 0 Å². The van der Waals surface area contributed by atoms with E-state index in [-0.39, 0.29) is 12.5 Å². The van der Waals surface area contributed by atoms with E-state index in [1.54, 1.807) is 0 Å². The van der Waals surface area contributed by atoms with Gasteiger partial charge in [-0.25, -0.2) is 5.84 Å². The van der Waals surface area contributed by atoms with Crippen LogP contribution < -0.4 is 16.2 Å². The molecule has 1 aromatic carbocycles. The quantitative estimate of drug-likeness (QED) is 0.541. The number of rotatable bonds is 0. The average molecular weight is 163 g/mol. The third kappa shape index (κ3) is 1.02. The molecule has 12 heavy (non-hydrogen) atoms. The minimum absolute atomic E-state index is 0.0730. The molecule has 1 amide bonds. The molecule has 0 saturated carbocycles. The van der Waals surface area contributed by atoms with Gasteiger partial charge in [0.15, 0.2) is 0 Å². The maximum atomic E-state index is 11.0. The van der Waals surface area contributed by atoms with E-state index in [0.717, 1.165) is 11.4 Å². The predicted octanol–water partition coefficient (Wildman–Crippen LogP) is 0.319. The summed E-state index contributed by atoms with van der Waals surface area (Å²) in [6.45, 7) is 0.219. The van der Waals surface area contributed by atoms with E-state index in [2.05, 4.69) is 5.32 Å². The second-order valence-corrected chi connectivity index (χ2v) is 2.69. The van der Waals surface area contributed by atoms with E-state index in [9.17, 15) is 4.79 Å². The first kappa shape index (κ1) is 7.12. The van der Waals surface area contributed by atoms with Crippen molar-refractivity contribution >= 4 is 17.3 Å². The molecular weight excluding hydrogens is 154 g/mol. The Labute approximate surface area is 69.9 Å². The number of nitrogens with two attached hydrogens (primary N) is 1. The fourth-order valence-corrected chi connectivity index (χ4v) is 1.26. The monoisotopic (exact) mass is 163 g/mol. The molecule has 0 radical (unpaired) electrons. The number of fused-ring (bicyclic) bond motifs is 1. The summed E-state index contributed by atoms with van der Waals surface area (Å²) in [6.07, 6.45) is 0. The summed E-state index contributed by atoms with van der Waals surface area (Å²) < 4.78 is 0. The molecule has 4 heteroatoms. The molecule has 2 rings (SSSR count). The number of amides is 1. The third-order valence-corrected chi connectivity index (χ3v) is 1.80. The van der Waals surface area contributed by atoms with Crippen LogP contribution in [0.1, 0.15) is 0 Å². The van der Waals surface area contributed by atoms with Gasteiger partial charge in [-0.1, -0.05) is 12.1 Å². The first-order valence-corrected chi connectivity index (χ1v) is 3.68. The van der Waals surface area contributed by atoms with Crippen LogP contribution in [0.25, 0.3) is 0 Å². The lowest BCUT2D eigenvalue weighted by Crippen LogP contribution is -2.42. The van der Waals surface area contributed by atoms with Crippen molar-refractivity contribution in [3.05, 3.63) is 24.3 Å². The highest BCUT2D eigenvalue weighted by Gasteiger charge is 2.17. The summed E-state index contributed by atoms with van der Waals surface area (Å²) in [5.74, 6) is 5.54. The summed E-state index contributed by atoms with van der Waals surface area (Å²) in [5.41, 5.74) is 1.63. The lowest BCUT2D eigenvalue weighted by Gasteiger charge is -2.26. The number of nitrogens with one attached hydrogen (secondary N) is 1. The number of hydrogen-bond acceptors (Lipinski definition) is 3. The van der Waals surface area contributed by atoms with Gasteiger partial charge in [0.25, 0.3) is 0 Å². The minimum Gasteiger partial charge on any atom is -0.323 e. The number of nitrogens with zero attached hydrogens (tertiary/aromatic N) is 1. The van der Waals surface area contributed by atoms with E-state index in [4.69, 9.17) is 5.84 Å². The highest BCUT2D eigenvalue weighted by Crippen LogP contribution is 2.25. The normalized spacial score (nSPS) is 15.4. The van der Waals surface area contributed by atoms with Crippen LogP contribution >= 0.6 is 0 Å². The first-order valence-electron chi connectivity index (χ1n) is 3.68. The summed E-state index contributed by atoms with van der Waals surface area (Å²) >= 11 is 0. The van der Waals surface area contributed by atoms with Crippen LogP contribution in [0, 0.1) is 0 Å². The molecule has 0 saturated heterocycles. The largest absolute Gasteiger partial charge is 0.323 e. The fraction of sp³-hybridized carbons (Fsp3) is 0.125. The van der Waals surface area contributed by atoms with Crippen LogP contribution in [-0.2, 0) is 4.79 Å². The lowest BCUT2D eigenvalue weighted by molar-refractivity contribution is -0.115.